The summed E-state index contributed by atoms with van der Waals surface area (Å²) in [6, 6.07) is 2.11. The van der Waals surface area contributed by atoms with Crippen molar-refractivity contribution in [3.8, 4) is 6.07 Å². The van der Waals surface area contributed by atoms with Crippen LogP contribution < -0.4 is 0 Å². The van der Waals surface area contributed by atoms with Crippen LogP contribution in [0.1, 0.15) is 92.9 Å². The molecule has 0 N–H and O–H groups in total. The summed E-state index contributed by atoms with van der Waals surface area (Å²) in [7, 11) is 2.77. The lowest BCUT2D eigenvalue weighted by atomic mass is 9.34. The molecule has 0 spiro atoms. The van der Waals surface area contributed by atoms with E-state index in [1.807, 2.05) is 13.0 Å². The van der Waals surface area contributed by atoms with E-state index in [4.69, 9.17) is 9.47 Å². The number of hydrogen-bond acceptors (Lipinski definition) is 7. The van der Waals surface area contributed by atoms with Crippen molar-refractivity contribution in [3.05, 3.63) is 23.3 Å². The number of methoxy groups -OCH3 is 2. The van der Waals surface area contributed by atoms with E-state index in [0.29, 0.717) is 12.8 Å². The summed E-state index contributed by atoms with van der Waals surface area (Å²) in [6.07, 6.45) is 8.75. The molecule has 0 saturated heterocycles. The van der Waals surface area contributed by atoms with E-state index in [2.05, 4.69) is 33.8 Å². The number of esters is 2. The van der Waals surface area contributed by atoms with Crippen LogP contribution in [0, 0.1) is 61.6 Å². The number of allylic oxidation sites excluding steroid dienone is 4. The third-order valence-electron chi connectivity index (χ3n) is 13.0. The van der Waals surface area contributed by atoms with Crippen molar-refractivity contribution in [2.24, 2.45) is 50.2 Å². The molecule has 0 amide bonds. The van der Waals surface area contributed by atoms with Crippen LogP contribution in [-0.2, 0) is 28.7 Å². The van der Waals surface area contributed by atoms with Gasteiger partial charge in [-0.15, -0.1) is 0 Å². The van der Waals surface area contributed by atoms with Crippen LogP contribution in [0.2, 0.25) is 0 Å². The van der Waals surface area contributed by atoms with Gasteiger partial charge in [-0.05, 0) is 79.1 Å². The molecule has 0 aromatic carbocycles. The monoisotopic (exact) mass is 563 g/mol. The van der Waals surface area contributed by atoms with Crippen molar-refractivity contribution in [2.75, 3.05) is 14.2 Å². The normalized spacial score (nSPS) is 44.5. The van der Waals surface area contributed by atoms with Crippen molar-refractivity contribution < 1.29 is 28.7 Å². The Balaban J connectivity index is 1.69. The maximum atomic E-state index is 14.5. The van der Waals surface area contributed by atoms with Gasteiger partial charge in [-0.2, -0.15) is 5.26 Å². The summed E-state index contributed by atoms with van der Waals surface area (Å²) >= 11 is 0. The second-order valence-corrected chi connectivity index (χ2v) is 15.4. The quantitative estimate of drug-likeness (QED) is 0.392. The van der Waals surface area contributed by atoms with E-state index in [1.165, 1.54) is 14.2 Å². The Morgan fingerprint density at radius 2 is 1.63 bits per heavy atom. The zero-order valence-corrected chi connectivity index (χ0v) is 25.9. The van der Waals surface area contributed by atoms with Gasteiger partial charge in [-0.3, -0.25) is 19.2 Å². The second kappa shape index (κ2) is 9.12. The number of hydrogen-bond donors (Lipinski definition) is 0. The van der Waals surface area contributed by atoms with Crippen LogP contribution in [0.3, 0.4) is 0 Å². The minimum atomic E-state index is -1.12. The number of nitriles is 1. The molecule has 0 heterocycles. The molecule has 3 fully saturated rings. The highest BCUT2D eigenvalue weighted by Crippen LogP contribution is 2.74. The number of rotatable bonds is 3. The molecule has 3 saturated carbocycles. The Kier molecular flexibility index (Phi) is 6.62. The van der Waals surface area contributed by atoms with E-state index >= 15 is 0 Å². The summed E-state index contributed by atoms with van der Waals surface area (Å²) in [6.45, 7) is 12.8. The first-order chi connectivity index (χ1) is 19.0. The highest BCUT2D eigenvalue weighted by Gasteiger charge is 2.71. The predicted octanol–water partition coefficient (Wildman–Crippen LogP) is 5.92. The summed E-state index contributed by atoms with van der Waals surface area (Å²) < 4.78 is 10.4. The summed E-state index contributed by atoms with van der Waals surface area (Å²) in [5.74, 6) is -1.67. The number of ketones is 2. The summed E-state index contributed by atoms with van der Waals surface area (Å²) in [5, 5.41) is 10.0. The van der Waals surface area contributed by atoms with Gasteiger partial charge in [0.1, 0.15) is 6.07 Å². The highest BCUT2D eigenvalue weighted by molar-refractivity contribution is 6.06. The second-order valence-electron chi connectivity index (χ2n) is 15.4. The Bertz CT molecular complexity index is 1330. The molecule has 5 aliphatic rings. The SMILES string of the molecule is COC(=O)C[C@]1(C)C(=O)C(C#N)=C[C@]2(C)C3=CC(=O)C4C5CC(C)(C)CC[C@]5(C(=O)OC)CC[C@@]4(C)[C@]3(C)CC[C@H]21. The Labute approximate surface area is 244 Å². The van der Waals surface area contributed by atoms with Crippen LogP contribution in [-0.4, -0.2) is 37.7 Å². The molecule has 8 atom stereocenters. The number of ether oxygens (including phenoxy) is 2. The maximum absolute atomic E-state index is 14.5. The molecule has 7 nitrogen and oxygen atoms in total. The predicted molar refractivity (Wildman–Crippen MR) is 152 cm³/mol. The number of fused-ring (bicyclic) bond motifs is 7. The molecule has 222 valence electrons. The largest absolute Gasteiger partial charge is 0.469 e. The van der Waals surface area contributed by atoms with Crippen LogP contribution in [0.15, 0.2) is 23.3 Å². The van der Waals surface area contributed by atoms with Gasteiger partial charge in [0.25, 0.3) is 0 Å². The lowest BCUT2D eigenvalue weighted by molar-refractivity contribution is -0.191. The third kappa shape index (κ3) is 3.74. The average molecular weight is 564 g/mol. The third-order valence-corrected chi connectivity index (χ3v) is 13.0. The van der Waals surface area contributed by atoms with Gasteiger partial charge in [0, 0.05) is 16.7 Å². The van der Waals surface area contributed by atoms with Crippen LogP contribution >= 0.6 is 0 Å². The van der Waals surface area contributed by atoms with E-state index in [9.17, 15) is 24.4 Å². The van der Waals surface area contributed by atoms with Crippen LogP contribution in [0.25, 0.3) is 0 Å². The van der Waals surface area contributed by atoms with Gasteiger partial charge in [0.2, 0.25) is 0 Å². The van der Waals surface area contributed by atoms with E-state index in [1.54, 1.807) is 13.0 Å². The lowest BCUT2D eigenvalue weighted by Crippen LogP contribution is -2.66. The van der Waals surface area contributed by atoms with Crippen molar-refractivity contribution in [3.63, 3.8) is 0 Å². The molecule has 2 unspecified atom stereocenters. The minimum Gasteiger partial charge on any atom is -0.469 e. The average Bonchev–Trinajstić information content (AvgIpc) is 2.91. The topological polar surface area (TPSA) is 111 Å². The van der Waals surface area contributed by atoms with E-state index in [-0.39, 0.29) is 52.7 Å². The molecule has 5 aliphatic carbocycles. The van der Waals surface area contributed by atoms with Crippen molar-refractivity contribution in [1.29, 1.82) is 5.26 Å². The molecule has 0 aliphatic heterocycles. The Morgan fingerprint density at radius 1 is 0.976 bits per heavy atom. The first kappa shape index (κ1) is 29.7. The Morgan fingerprint density at radius 3 is 2.24 bits per heavy atom. The molecule has 0 bridgehead atoms. The zero-order valence-electron chi connectivity index (χ0n) is 25.9. The summed E-state index contributed by atoms with van der Waals surface area (Å²) in [4.78, 5) is 54.2. The van der Waals surface area contributed by atoms with E-state index in [0.717, 1.165) is 37.7 Å². The first-order valence-corrected chi connectivity index (χ1v) is 15.1. The van der Waals surface area contributed by atoms with Gasteiger partial charge < -0.3 is 9.47 Å². The molecule has 0 radical (unpaired) electrons. The molecule has 41 heavy (non-hydrogen) atoms. The number of nitrogens with zero attached hydrogens (tertiary/aromatic N) is 1. The van der Waals surface area contributed by atoms with Crippen molar-refractivity contribution >= 4 is 23.5 Å². The molecule has 5 rings (SSSR count). The molecular weight excluding hydrogens is 518 g/mol. The van der Waals surface area contributed by atoms with Gasteiger partial charge in [-0.1, -0.05) is 53.2 Å². The molecule has 0 aromatic rings. The highest BCUT2D eigenvalue weighted by atomic mass is 16.5. The fourth-order valence-electron chi connectivity index (χ4n) is 10.6. The van der Waals surface area contributed by atoms with Crippen molar-refractivity contribution in [1.82, 2.24) is 0 Å². The standard InChI is InChI=1S/C34H45NO6/c1-29(2)11-13-34(28(39)41-8)14-12-33(6)26(21(34)17-29)22(36)15-24-30(3)16-20(19-35)27(38)31(4,18-25(37)40-7)23(30)9-10-32(24,33)5/h15-16,21,23,26H,9-14,17-18H2,1-8H3/t21?,23-,26?,30+,31+,32-,33-,34+/m1/s1. The fraction of sp³-hybridized carbons (Fsp3) is 0.735. The van der Waals surface area contributed by atoms with E-state index < -0.39 is 33.0 Å². The van der Waals surface area contributed by atoms with Gasteiger partial charge in [-0.25, -0.2) is 0 Å². The van der Waals surface area contributed by atoms with Gasteiger partial charge >= 0.3 is 11.9 Å². The minimum absolute atomic E-state index is 0.0130. The van der Waals surface area contributed by atoms with Crippen LogP contribution in [0.4, 0.5) is 0 Å². The zero-order chi connectivity index (χ0) is 30.4. The molecular formula is C34H45NO6. The number of carbonyl (C=O) groups is 4. The fourth-order valence-corrected chi connectivity index (χ4v) is 10.6. The number of Topliss-reactive ketones (excluding diaryl/α,β-unsaturated/α-hetero) is 1. The Hall–Kier alpha value is -2.75. The van der Waals surface area contributed by atoms with Crippen molar-refractivity contribution in [2.45, 2.75) is 92.9 Å². The molecule has 0 aromatic heterocycles. The van der Waals surface area contributed by atoms with Gasteiger partial charge in [0.15, 0.2) is 11.6 Å². The number of carbonyl (C=O) groups excluding carboxylic acids is 4. The smallest absolute Gasteiger partial charge is 0.312 e. The van der Waals surface area contributed by atoms with Crippen LogP contribution in [0.5, 0.6) is 0 Å². The maximum Gasteiger partial charge on any atom is 0.312 e. The van der Waals surface area contributed by atoms with Gasteiger partial charge in [0.05, 0.1) is 31.6 Å². The summed E-state index contributed by atoms with van der Waals surface area (Å²) in [5.41, 5.74) is -2.34. The lowest BCUT2D eigenvalue weighted by Gasteiger charge is -2.68. The first-order valence-electron chi connectivity index (χ1n) is 15.1. The molecule has 7 heteroatoms.